The average Bonchev–Trinajstić information content (AvgIpc) is 3.43. The molecular weight excluding hydrogens is 585 g/mol. The maximum atomic E-state index is 15.6. The van der Waals surface area contributed by atoms with Crippen LogP contribution in [-0.2, 0) is 6.42 Å². The zero-order chi connectivity index (χ0) is 31.0. The predicted molar refractivity (Wildman–Crippen MR) is 169 cm³/mol. The molecule has 3 aromatic rings. The molecule has 44 heavy (non-hydrogen) atoms. The number of benzene rings is 2. The van der Waals surface area contributed by atoms with Gasteiger partial charge in [0.1, 0.15) is 11.6 Å². The van der Waals surface area contributed by atoms with Gasteiger partial charge in [-0.3, -0.25) is 19.2 Å². The monoisotopic (exact) mass is 626 g/mol. The van der Waals surface area contributed by atoms with Gasteiger partial charge in [-0.05, 0) is 62.7 Å². The van der Waals surface area contributed by atoms with Crippen LogP contribution in [0.5, 0.6) is 5.75 Å². The van der Waals surface area contributed by atoms with Crippen molar-refractivity contribution in [2.75, 3.05) is 65.7 Å². The van der Waals surface area contributed by atoms with Gasteiger partial charge in [-0.2, -0.15) is 0 Å². The third-order valence-corrected chi connectivity index (χ3v) is 11.0. The highest BCUT2D eigenvalue weighted by atomic mass is 32.2. The highest BCUT2D eigenvalue weighted by molar-refractivity contribution is 7.99. The molecule has 2 atom stereocenters. The predicted octanol–water partition coefficient (Wildman–Crippen LogP) is 5.59. The fourth-order valence-corrected chi connectivity index (χ4v) is 8.47. The summed E-state index contributed by atoms with van der Waals surface area (Å²) in [5, 5.41) is 0.714. The molecule has 0 spiro atoms. The van der Waals surface area contributed by atoms with Crippen LogP contribution in [0.2, 0.25) is 0 Å². The molecule has 6 nitrogen and oxygen atoms in total. The second kappa shape index (κ2) is 13.3. The number of hydrogen-bond donors (Lipinski definition) is 0. The molecule has 10 heteroatoms. The number of thioether (sulfide) groups is 1. The Bertz CT molecular complexity index is 1550. The zero-order valence-corrected chi connectivity index (χ0v) is 26.6. The van der Waals surface area contributed by atoms with Crippen molar-refractivity contribution in [3.8, 4) is 16.9 Å². The summed E-state index contributed by atoms with van der Waals surface area (Å²) in [6.07, 6.45) is 3.80. The number of fused-ring (bicyclic) bond motifs is 1. The topological polar surface area (TPSA) is 41.0 Å². The molecule has 0 aliphatic carbocycles. The van der Waals surface area contributed by atoms with Gasteiger partial charge >= 0.3 is 0 Å². The van der Waals surface area contributed by atoms with E-state index in [4.69, 9.17) is 4.74 Å². The van der Waals surface area contributed by atoms with Crippen LogP contribution in [0.4, 0.5) is 13.2 Å². The van der Waals surface area contributed by atoms with Crippen molar-refractivity contribution in [2.45, 2.75) is 49.7 Å². The van der Waals surface area contributed by atoms with Gasteiger partial charge in [0.2, 0.25) is 0 Å². The number of halogens is 3. The summed E-state index contributed by atoms with van der Waals surface area (Å²) in [6.45, 7) is 8.50. The second-order valence-electron chi connectivity index (χ2n) is 12.4. The quantitative estimate of drug-likeness (QED) is 0.325. The SMILES string of the molecule is COc1cccc(-c2c(C)c(Cc3c(F)cccc3F)c3n(c2=O)C(CN2CCN(CC4CCCCN4C)CC2)CS3)c1F. The summed E-state index contributed by atoms with van der Waals surface area (Å²) in [5.74, 6) is -1.20. The van der Waals surface area contributed by atoms with E-state index in [9.17, 15) is 13.6 Å². The van der Waals surface area contributed by atoms with E-state index in [0.29, 0.717) is 34.5 Å². The van der Waals surface area contributed by atoms with Crippen molar-refractivity contribution in [2.24, 2.45) is 0 Å². The Morgan fingerprint density at radius 2 is 1.55 bits per heavy atom. The van der Waals surface area contributed by atoms with Crippen molar-refractivity contribution in [3.05, 3.63) is 80.9 Å². The van der Waals surface area contributed by atoms with Gasteiger partial charge in [0.15, 0.2) is 11.6 Å². The molecule has 1 aromatic heterocycles. The van der Waals surface area contributed by atoms with Gasteiger partial charge in [0.25, 0.3) is 5.56 Å². The lowest BCUT2D eigenvalue weighted by molar-refractivity contribution is 0.0796. The summed E-state index contributed by atoms with van der Waals surface area (Å²) in [7, 11) is 3.62. The molecule has 4 heterocycles. The lowest BCUT2D eigenvalue weighted by Gasteiger charge is -2.40. The average molecular weight is 627 g/mol. The highest BCUT2D eigenvalue weighted by Crippen LogP contribution is 2.41. The van der Waals surface area contributed by atoms with Crippen LogP contribution in [0.25, 0.3) is 11.1 Å². The number of likely N-dealkylation sites (tertiary alicyclic amines) is 1. The summed E-state index contributed by atoms with van der Waals surface area (Å²) in [4.78, 5) is 21.8. The molecule has 3 aliphatic rings. The van der Waals surface area contributed by atoms with Gasteiger partial charge in [0.05, 0.1) is 23.7 Å². The van der Waals surface area contributed by atoms with Crippen molar-refractivity contribution in [1.29, 1.82) is 0 Å². The fraction of sp³-hybridized carbons (Fsp3) is 0.500. The van der Waals surface area contributed by atoms with E-state index in [-0.39, 0.29) is 40.5 Å². The van der Waals surface area contributed by atoms with Gasteiger partial charge in [0, 0.05) is 68.6 Å². The lowest BCUT2D eigenvalue weighted by atomic mass is 9.94. The van der Waals surface area contributed by atoms with Crippen LogP contribution in [0, 0.1) is 24.4 Å². The molecule has 6 rings (SSSR count). The van der Waals surface area contributed by atoms with Gasteiger partial charge in [-0.25, -0.2) is 13.2 Å². The number of rotatable bonds is 8. The Hall–Kier alpha value is -2.79. The first-order chi connectivity index (χ1) is 21.3. The summed E-state index contributed by atoms with van der Waals surface area (Å²) in [5.41, 5.74) is 1.19. The highest BCUT2D eigenvalue weighted by Gasteiger charge is 2.34. The summed E-state index contributed by atoms with van der Waals surface area (Å²) in [6, 6.07) is 9.04. The van der Waals surface area contributed by atoms with Crippen LogP contribution in [0.3, 0.4) is 0 Å². The third-order valence-electron chi connectivity index (χ3n) is 9.71. The maximum absolute atomic E-state index is 15.6. The third kappa shape index (κ3) is 6.06. The van der Waals surface area contributed by atoms with E-state index >= 15 is 4.39 Å². The van der Waals surface area contributed by atoms with Crippen LogP contribution in [0.1, 0.15) is 42.0 Å². The molecule has 2 aromatic carbocycles. The summed E-state index contributed by atoms with van der Waals surface area (Å²) < 4.78 is 52.4. The molecule has 0 saturated carbocycles. The Kier molecular flexibility index (Phi) is 9.42. The normalized spacial score (nSPS) is 21.5. The van der Waals surface area contributed by atoms with E-state index in [2.05, 4.69) is 21.7 Å². The van der Waals surface area contributed by atoms with E-state index in [1.807, 2.05) is 0 Å². The van der Waals surface area contributed by atoms with E-state index in [1.165, 1.54) is 57.2 Å². The number of piperazine rings is 1. The molecular formula is C34H41F3N4O2S. The smallest absolute Gasteiger partial charge is 0.260 e. The first-order valence-electron chi connectivity index (χ1n) is 15.6. The van der Waals surface area contributed by atoms with Crippen molar-refractivity contribution in [1.82, 2.24) is 19.3 Å². The number of nitrogens with zero attached hydrogens (tertiary/aromatic N) is 4. The molecule has 0 amide bonds. The van der Waals surface area contributed by atoms with Crippen LogP contribution in [-0.4, -0.2) is 91.0 Å². The van der Waals surface area contributed by atoms with Crippen molar-refractivity contribution < 1.29 is 17.9 Å². The Balaban J connectivity index is 1.31. The van der Waals surface area contributed by atoms with E-state index < -0.39 is 17.5 Å². The van der Waals surface area contributed by atoms with E-state index in [0.717, 1.165) is 32.7 Å². The molecule has 0 N–H and O–H groups in total. The first kappa shape index (κ1) is 31.2. The molecule has 2 unspecified atom stereocenters. The van der Waals surface area contributed by atoms with Crippen molar-refractivity contribution >= 4 is 11.8 Å². The van der Waals surface area contributed by atoms with E-state index in [1.54, 1.807) is 35.4 Å². The van der Waals surface area contributed by atoms with Crippen LogP contribution >= 0.6 is 11.8 Å². The van der Waals surface area contributed by atoms with Crippen LogP contribution < -0.4 is 10.3 Å². The standard InChI is InChI=1S/C34H41F3N4O2S/c1-22-26(18-27-28(35)10-7-11-29(27)36)34-41(33(42)31(22)25-9-6-12-30(43-3)32(25)37)24(21-44-34)20-40-16-14-39(15-17-40)19-23-8-4-5-13-38(23)2/h6-7,9-12,23-24H,4-5,8,13-21H2,1-3H3. The number of methoxy groups -OCH3 is 1. The molecule has 2 fully saturated rings. The second-order valence-corrected chi connectivity index (χ2v) is 13.4. The summed E-state index contributed by atoms with van der Waals surface area (Å²) >= 11 is 1.55. The van der Waals surface area contributed by atoms with Gasteiger partial charge in [-0.15, -0.1) is 11.8 Å². The van der Waals surface area contributed by atoms with Gasteiger partial charge < -0.3 is 9.64 Å². The number of likely N-dealkylation sites (N-methyl/N-ethyl adjacent to an activating group) is 1. The number of piperidine rings is 1. The molecule has 236 valence electrons. The minimum atomic E-state index is -0.639. The number of ether oxygens (including phenoxy) is 1. The molecule has 0 radical (unpaired) electrons. The Labute approximate surface area is 261 Å². The lowest BCUT2D eigenvalue weighted by Crippen LogP contribution is -2.52. The molecule has 3 aliphatic heterocycles. The molecule has 0 bridgehead atoms. The minimum absolute atomic E-state index is 0.0352. The van der Waals surface area contributed by atoms with Crippen molar-refractivity contribution in [3.63, 3.8) is 0 Å². The number of aromatic nitrogens is 1. The Morgan fingerprint density at radius 3 is 2.20 bits per heavy atom. The van der Waals surface area contributed by atoms with Crippen LogP contribution in [0.15, 0.2) is 46.2 Å². The molecule has 2 saturated heterocycles. The Morgan fingerprint density at radius 1 is 0.886 bits per heavy atom. The minimum Gasteiger partial charge on any atom is -0.494 e. The maximum Gasteiger partial charge on any atom is 0.260 e. The van der Waals surface area contributed by atoms with Gasteiger partial charge in [-0.1, -0.05) is 24.6 Å². The zero-order valence-electron chi connectivity index (χ0n) is 25.8. The number of pyridine rings is 1. The largest absolute Gasteiger partial charge is 0.494 e. The fourth-order valence-electron chi connectivity index (χ4n) is 7.09. The first-order valence-corrected chi connectivity index (χ1v) is 16.6. The number of hydrogen-bond acceptors (Lipinski definition) is 6.